The van der Waals surface area contributed by atoms with E-state index in [9.17, 15) is 13.2 Å². The molecule has 0 amide bonds. The second-order valence-corrected chi connectivity index (χ2v) is 7.07. The monoisotopic (exact) mass is 439 g/mol. The molecule has 0 aliphatic rings. The molecule has 0 aliphatic carbocycles. The van der Waals surface area contributed by atoms with Crippen LogP contribution >= 0.6 is 27.3 Å². The van der Waals surface area contributed by atoms with Crippen LogP contribution in [0.4, 0.5) is 13.2 Å². The lowest BCUT2D eigenvalue weighted by atomic mass is 10.1. The lowest BCUT2D eigenvalue weighted by Gasteiger charge is -2.07. The smallest absolute Gasteiger partial charge is 0.261 e. The molecule has 3 nitrogen and oxygen atoms in total. The van der Waals surface area contributed by atoms with Crippen molar-refractivity contribution >= 4 is 33.5 Å². The maximum Gasteiger partial charge on any atom is 0.416 e. The van der Waals surface area contributed by atoms with Crippen LogP contribution in [0.5, 0.6) is 0 Å². The van der Waals surface area contributed by atoms with Crippen molar-refractivity contribution in [2.24, 2.45) is 10.1 Å². The molecular weight excluding hydrogens is 427 g/mol. The molecule has 0 atom stereocenters. The van der Waals surface area contributed by atoms with Crippen LogP contribution in [0.3, 0.4) is 0 Å². The summed E-state index contributed by atoms with van der Waals surface area (Å²) in [5.41, 5.74) is 1.40. The first-order valence-corrected chi connectivity index (χ1v) is 9.16. The van der Waals surface area contributed by atoms with E-state index in [0.29, 0.717) is 10.4 Å². The summed E-state index contributed by atoms with van der Waals surface area (Å²) in [6.45, 7) is 0. The zero-order valence-electron chi connectivity index (χ0n) is 13.5. The Hall–Kier alpha value is -2.19. The topological polar surface area (TPSA) is 29.6 Å². The summed E-state index contributed by atoms with van der Waals surface area (Å²) in [5, 5.41) is 6.27. The van der Waals surface area contributed by atoms with Gasteiger partial charge in [-0.25, -0.2) is 4.68 Å². The predicted molar refractivity (Wildman–Crippen MR) is 101 cm³/mol. The third-order valence-electron chi connectivity index (χ3n) is 3.55. The lowest BCUT2D eigenvalue weighted by molar-refractivity contribution is -0.137. The summed E-state index contributed by atoms with van der Waals surface area (Å²) in [7, 11) is 1.65. The van der Waals surface area contributed by atoms with Crippen molar-refractivity contribution < 1.29 is 13.2 Å². The van der Waals surface area contributed by atoms with E-state index in [1.807, 2.05) is 29.6 Å². The molecule has 0 saturated heterocycles. The Balaban J connectivity index is 2.01. The fourth-order valence-electron chi connectivity index (χ4n) is 2.30. The van der Waals surface area contributed by atoms with Gasteiger partial charge in [-0.05, 0) is 29.8 Å². The Labute approximate surface area is 160 Å². The maximum absolute atomic E-state index is 12.9. The molecule has 0 radical (unpaired) electrons. The first-order chi connectivity index (χ1) is 12.4. The molecular formula is C18H13BrF3N3S. The Morgan fingerprint density at radius 1 is 1.12 bits per heavy atom. The minimum atomic E-state index is -4.38. The summed E-state index contributed by atoms with van der Waals surface area (Å²) in [6.07, 6.45) is -2.98. The first kappa shape index (κ1) is 18.6. The predicted octanol–water partition coefficient (Wildman–Crippen LogP) is 5.41. The number of hydrogen-bond acceptors (Lipinski definition) is 3. The van der Waals surface area contributed by atoms with Gasteiger partial charge in [-0.1, -0.05) is 40.2 Å². The molecule has 2 aromatic carbocycles. The van der Waals surface area contributed by atoms with Gasteiger partial charge in [0.05, 0.1) is 17.5 Å². The van der Waals surface area contributed by atoms with Crippen LogP contribution in [0.1, 0.15) is 11.1 Å². The number of benzene rings is 2. The summed E-state index contributed by atoms with van der Waals surface area (Å²) in [6, 6.07) is 12.7. The van der Waals surface area contributed by atoms with Crippen molar-refractivity contribution in [1.29, 1.82) is 0 Å². The number of hydrogen-bond donors (Lipinski definition) is 0. The maximum atomic E-state index is 12.9. The third kappa shape index (κ3) is 4.13. The molecule has 0 N–H and O–H groups in total. The van der Waals surface area contributed by atoms with E-state index in [1.54, 1.807) is 17.8 Å². The minimum Gasteiger partial charge on any atom is -0.261 e. The lowest BCUT2D eigenvalue weighted by Crippen LogP contribution is -2.11. The van der Waals surface area contributed by atoms with Gasteiger partial charge in [-0.3, -0.25) is 4.99 Å². The average Bonchev–Trinajstić information content (AvgIpc) is 3.03. The average molecular weight is 440 g/mol. The fourth-order valence-corrected chi connectivity index (χ4v) is 3.37. The van der Waals surface area contributed by atoms with Gasteiger partial charge in [-0.2, -0.15) is 18.3 Å². The second-order valence-electron chi connectivity index (χ2n) is 5.31. The van der Waals surface area contributed by atoms with Gasteiger partial charge in [0.2, 0.25) is 4.80 Å². The SMILES string of the molecule is CN=c1scc(-c2ccc(Br)cc2)n1N=Cc1cccc(C(F)(F)F)c1. The normalized spacial score (nSPS) is 12.9. The van der Waals surface area contributed by atoms with Crippen LogP contribution < -0.4 is 4.80 Å². The summed E-state index contributed by atoms with van der Waals surface area (Å²) >= 11 is 4.80. The molecule has 1 aromatic heterocycles. The molecule has 0 saturated carbocycles. The van der Waals surface area contributed by atoms with E-state index in [-0.39, 0.29) is 0 Å². The van der Waals surface area contributed by atoms with Gasteiger partial charge in [0, 0.05) is 22.5 Å². The van der Waals surface area contributed by atoms with E-state index in [4.69, 9.17) is 0 Å². The molecule has 134 valence electrons. The molecule has 0 aliphatic heterocycles. The number of rotatable bonds is 3. The Bertz CT molecular complexity index is 1000. The highest BCUT2D eigenvalue weighted by molar-refractivity contribution is 9.10. The fraction of sp³-hybridized carbons (Fsp3) is 0.111. The molecule has 8 heteroatoms. The Morgan fingerprint density at radius 3 is 2.50 bits per heavy atom. The van der Waals surface area contributed by atoms with Crippen molar-refractivity contribution in [1.82, 2.24) is 4.68 Å². The molecule has 0 fully saturated rings. The molecule has 0 spiro atoms. The van der Waals surface area contributed by atoms with Crippen molar-refractivity contribution in [2.45, 2.75) is 6.18 Å². The van der Waals surface area contributed by atoms with Gasteiger partial charge in [0.25, 0.3) is 0 Å². The highest BCUT2D eigenvalue weighted by atomic mass is 79.9. The van der Waals surface area contributed by atoms with Crippen molar-refractivity contribution in [3.8, 4) is 11.3 Å². The Morgan fingerprint density at radius 2 is 1.85 bits per heavy atom. The summed E-state index contributed by atoms with van der Waals surface area (Å²) < 4.78 is 41.1. The van der Waals surface area contributed by atoms with Crippen LogP contribution in [0, 0.1) is 0 Å². The number of alkyl halides is 3. The van der Waals surface area contributed by atoms with Crippen molar-refractivity contribution in [3.05, 3.63) is 74.3 Å². The number of thiazole rings is 1. The van der Waals surface area contributed by atoms with Gasteiger partial charge in [0.15, 0.2) is 0 Å². The second kappa shape index (κ2) is 7.59. The summed E-state index contributed by atoms with van der Waals surface area (Å²) in [5.74, 6) is 0. The molecule has 3 aromatic rings. The van der Waals surface area contributed by atoms with Crippen LogP contribution in [0.25, 0.3) is 11.3 Å². The zero-order valence-corrected chi connectivity index (χ0v) is 15.9. The van der Waals surface area contributed by atoms with Gasteiger partial charge in [0.1, 0.15) is 0 Å². The molecule has 1 heterocycles. The highest BCUT2D eigenvalue weighted by Crippen LogP contribution is 2.29. The van der Waals surface area contributed by atoms with Gasteiger partial charge in [-0.15, -0.1) is 11.3 Å². The van der Waals surface area contributed by atoms with Crippen LogP contribution in [0.2, 0.25) is 0 Å². The van der Waals surface area contributed by atoms with Crippen molar-refractivity contribution in [2.75, 3.05) is 7.05 Å². The Kier molecular flexibility index (Phi) is 5.43. The summed E-state index contributed by atoms with van der Waals surface area (Å²) in [4.78, 5) is 4.83. The molecule has 0 bridgehead atoms. The van der Waals surface area contributed by atoms with E-state index in [0.717, 1.165) is 27.9 Å². The molecule has 0 unspecified atom stereocenters. The van der Waals surface area contributed by atoms with E-state index >= 15 is 0 Å². The number of halogens is 4. The van der Waals surface area contributed by atoms with E-state index in [2.05, 4.69) is 26.0 Å². The number of nitrogens with zero attached hydrogens (tertiary/aromatic N) is 3. The van der Waals surface area contributed by atoms with Crippen LogP contribution in [-0.4, -0.2) is 17.9 Å². The number of aromatic nitrogens is 1. The first-order valence-electron chi connectivity index (χ1n) is 7.49. The molecule has 26 heavy (non-hydrogen) atoms. The standard InChI is InChI=1S/C18H13BrF3N3S/c1-23-17-25(16(11-26-17)13-5-7-15(19)8-6-13)24-10-12-3-2-4-14(9-12)18(20,21)22/h2-11H,1H3. The van der Waals surface area contributed by atoms with Gasteiger partial charge < -0.3 is 0 Å². The van der Waals surface area contributed by atoms with E-state index in [1.165, 1.54) is 23.6 Å². The highest BCUT2D eigenvalue weighted by Gasteiger charge is 2.30. The molecule has 3 rings (SSSR count). The zero-order chi connectivity index (χ0) is 18.7. The van der Waals surface area contributed by atoms with E-state index < -0.39 is 11.7 Å². The van der Waals surface area contributed by atoms with Crippen molar-refractivity contribution in [3.63, 3.8) is 0 Å². The third-order valence-corrected chi connectivity index (χ3v) is 4.99. The largest absolute Gasteiger partial charge is 0.416 e. The van der Waals surface area contributed by atoms with Crippen LogP contribution in [-0.2, 0) is 6.18 Å². The quantitative estimate of drug-likeness (QED) is 0.488. The van der Waals surface area contributed by atoms with Gasteiger partial charge >= 0.3 is 6.18 Å². The minimum absolute atomic E-state index is 0.363. The van der Waals surface area contributed by atoms with Crippen LogP contribution in [0.15, 0.2) is 68.5 Å².